The Balaban J connectivity index is 2.17. The van der Waals surface area contributed by atoms with Crippen molar-refractivity contribution >= 4 is 0 Å². The largest absolute Gasteiger partial charge is 0.314 e. The molecular weight excluding hydrogens is 203 g/mol. The Hall–Kier alpha value is -1.03. The summed E-state index contributed by atoms with van der Waals surface area (Å²) in [6.07, 6.45) is 2.43. The summed E-state index contributed by atoms with van der Waals surface area (Å²) in [5, 5.41) is 3.18. The van der Waals surface area contributed by atoms with Gasteiger partial charge < -0.3 is 5.32 Å². The lowest BCUT2D eigenvalue weighted by Crippen LogP contribution is -2.24. The van der Waals surface area contributed by atoms with E-state index in [2.05, 4.69) is 5.32 Å². The van der Waals surface area contributed by atoms with Crippen LogP contribution in [0.1, 0.15) is 18.4 Å². The van der Waals surface area contributed by atoms with E-state index < -0.39 is 17.5 Å². The van der Waals surface area contributed by atoms with E-state index in [1.165, 1.54) is 6.07 Å². The molecule has 15 heavy (non-hydrogen) atoms. The monoisotopic (exact) mass is 215 g/mol. The molecule has 1 nitrogen and oxygen atoms in total. The second-order valence-corrected chi connectivity index (χ2v) is 3.83. The zero-order valence-corrected chi connectivity index (χ0v) is 8.19. The molecule has 0 aromatic heterocycles. The van der Waals surface area contributed by atoms with Gasteiger partial charge in [0, 0.05) is 6.04 Å². The summed E-state index contributed by atoms with van der Waals surface area (Å²) in [7, 11) is 0. The zero-order valence-electron chi connectivity index (χ0n) is 8.19. The van der Waals surface area contributed by atoms with Crippen LogP contribution in [0.2, 0.25) is 0 Å². The van der Waals surface area contributed by atoms with Crippen LogP contribution < -0.4 is 5.32 Å². The molecule has 1 fully saturated rings. The number of hydrogen-bond donors (Lipinski definition) is 1. The SMILES string of the molecule is Fc1ccc(CC2CCCN2)c(F)c1F. The number of rotatable bonds is 2. The predicted octanol–water partition coefficient (Wildman–Crippen LogP) is 2.40. The van der Waals surface area contributed by atoms with Gasteiger partial charge in [0.05, 0.1) is 0 Å². The Morgan fingerprint density at radius 3 is 2.67 bits per heavy atom. The highest BCUT2D eigenvalue weighted by Crippen LogP contribution is 2.19. The van der Waals surface area contributed by atoms with Crippen LogP contribution in [0, 0.1) is 17.5 Å². The first kappa shape index (κ1) is 10.5. The highest BCUT2D eigenvalue weighted by atomic mass is 19.2. The maximum atomic E-state index is 13.3. The molecule has 1 aliphatic rings. The Morgan fingerprint density at radius 1 is 1.20 bits per heavy atom. The standard InChI is InChI=1S/C11H12F3N/c12-9-4-3-7(10(13)11(9)14)6-8-2-1-5-15-8/h3-4,8,15H,1-2,5-6H2. The van der Waals surface area contributed by atoms with Gasteiger partial charge in [0.15, 0.2) is 17.5 Å². The minimum atomic E-state index is -1.37. The predicted molar refractivity (Wildman–Crippen MR) is 51.0 cm³/mol. The fraction of sp³-hybridized carbons (Fsp3) is 0.455. The lowest BCUT2D eigenvalue weighted by molar-refractivity contribution is 0.436. The van der Waals surface area contributed by atoms with Crippen LogP contribution in [0.4, 0.5) is 13.2 Å². The van der Waals surface area contributed by atoms with Gasteiger partial charge in [-0.1, -0.05) is 6.07 Å². The minimum Gasteiger partial charge on any atom is -0.314 e. The molecule has 1 atom stereocenters. The maximum absolute atomic E-state index is 13.3. The molecule has 0 radical (unpaired) electrons. The third kappa shape index (κ3) is 2.15. The van der Waals surface area contributed by atoms with Crippen molar-refractivity contribution in [2.24, 2.45) is 0 Å². The van der Waals surface area contributed by atoms with Crippen LogP contribution in [0.25, 0.3) is 0 Å². The molecule has 0 saturated carbocycles. The Bertz CT molecular complexity index is 359. The summed E-state index contributed by atoms with van der Waals surface area (Å²) >= 11 is 0. The number of hydrogen-bond acceptors (Lipinski definition) is 1. The molecule has 0 aliphatic carbocycles. The average Bonchev–Trinajstić information content (AvgIpc) is 2.72. The zero-order chi connectivity index (χ0) is 10.8. The molecule has 0 bridgehead atoms. The van der Waals surface area contributed by atoms with Crippen LogP contribution in [0.3, 0.4) is 0 Å². The van der Waals surface area contributed by atoms with Crippen molar-refractivity contribution < 1.29 is 13.2 Å². The molecule has 0 amide bonds. The molecule has 82 valence electrons. The van der Waals surface area contributed by atoms with Crippen molar-refractivity contribution in [2.45, 2.75) is 25.3 Å². The summed E-state index contributed by atoms with van der Waals surface area (Å²) < 4.78 is 38.8. The first-order chi connectivity index (χ1) is 7.18. The molecule has 1 unspecified atom stereocenters. The quantitative estimate of drug-likeness (QED) is 0.747. The van der Waals surface area contributed by atoms with E-state index in [0.29, 0.717) is 6.42 Å². The molecule has 2 rings (SSSR count). The molecule has 1 aromatic carbocycles. The number of nitrogens with one attached hydrogen (secondary N) is 1. The number of benzene rings is 1. The van der Waals surface area contributed by atoms with Crippen molar-refractivity contribution in [3.05, 3.63) is 35.1 Å². The van der Waals surface area contributed by atoms with Crippen molar-refractivity contribution in [1.29, 1.82) is 0 Å². The van der Waals surface area contributed by atoms with Crippen LogP contribution >= 0.6 is 0 Å². The first-order valence-corrected chi connectivity index (χ1v) is 5.04. The molecule has 1 aromatic rings. The van der Waals surface area contributed by atoms with E-state index >= 15 is 0 Å². The van der Waals surface area contributed by atoms with Gasteiger partial charge in [0.25, 0.3) is 0 Å². The second kappa shape index (κ2) is 4.23. The summed E-state index contributed by atoms with van der Waals surface area (Å²) in [4.78, 5) is 0. The van der Waals surface area contributed by atoms with Crippen molar-refractivity contribution in [3.8, 4) is 0 Å². The van der Waals surface area contributed by atoms with E-state index in [4.69, 9.17) is 0 Å². The van der Waals surface area contributed by atoms with E-state index in [0.717, 1.165) is 25.5 Å². The van der Waals surface area contributed by atoms with Crippen LogP contribution in [0.15, 0.2) is 12.1 Å². The van der Waals surface area contributed by atoms with Gasteiger partial charge in [-0.15, -0.1) is 0 Å². The summed E-state index contributed by atoms with van der Waals surface area (Å²) in [5.41, 5.74) is 0.244. The van der Waals surface area contributed by atoms with Crippen molar-refractivity contribution in [2.75, 3.05) is 6.54 Å². The van der Waals surface area contributed by atoms with Gasteiger partial charge in [-0.25, -0.2) is 13.2 Å². The van der Waals surface area contributed by atoms with Gasteiger partial charge in [0.1, 0.15) is 0 Å². The van der Waals surface area contributed by atoms with Gasteiger partial charge in [-0.3, -0.25) is 0 Å². The fourth-order valence-electron chi connectivity index (χ4n) is 1.92. The van der Waals surface area contributed by atoms with E-state index in [1.54, 1.807) is 0 Å². The molecule has 1 heterocycles. The van der Waals surface area contributed by atoms with Gasteiger partial charge in [-0.2, -0.15) is 0 Å². The van der Waals surface area contributed by atoms with Crippen LogP contribution in [-0.4, -0.2) is 12.6 Å². The molecule has 1 N–H and O–H groups in total. The summed E-state index contributed by atoms with van der Waals surface area (Å²) in [6, 6.07) is 2.47. The average molecular weight is 215 g/mol. The molecule has 1 aliphatic heterocycles. The fourth-order valence-corrected chi connectivity index (χ4v) is 1.92. The van der Waals surface area contributed by atoms with Crippen LogP contribution in [0.5, 0.6) is 0 Å². The van der Waals surface area contributed by atoms with Gasteiger partial charge in [0.2, 0.25) is 0 Å². The van der Waals surface area contributed by atoms with Gasteiger partial charge >= 0.3 is 0 Å². The van der Waals surface area contributed by atoms with E-state index in [1.807, 2.05) is 0 Å². The van der Waals surface area contributed by atoms with E-state index in [-0.39, 0.29) is 11.6 Å². The topological polar surface area (TPSA) is 12.0 Å². The third-order valence-corrected chi connectivity index (χ3v) is 2.74. The Labute approximate surface area is 86.3 Å². The Morgan fingerprint density at radius 2 is 2.00 bits per heavy atom. The lowest BCUT2D eigenvalue weighted by atomic mass is 10.0. The molecule has 0 spiro atoms. The minimum absolute atomic E-state index is 0.185. The normalized spacial score (nSPS) is 20.9. The summed E-state index contributed by atoms with van der Waals surface area (Å²) in [5.74, 6) is -3.55. The Kier molecular flexibility index (Phi) is 2.95. The lowest BCUT2D eigenvalue weighted by Gasteiger charge is -2.11. The van der Waals surface area contributed by atoms with E-state index in [9.17, 15) is 13.2 Å². The molecular formula is C11H12F3N. The maximum Gasteiger partial charge on any atom is 0.194 e. The summed E-state index contributed by atoms with van der Waals surface area (Å²) in [6.45, 7) is 0.913. The first-order valence-electron chi connectivity index (χ1n) is 5.04. The van der Waals surface area contributed by atoms with Crippen molar-refractivity contribution in [3.63, 3.8) is 0 Å². The number of halogens is 3. The smallest absolute Gasteiger partial charge is 0.194 e. The molecule has 4 heteroatoms. The van der Waals surface area contributed by atoms with Crippen molar-refractivity contribution in [1.82, 2.24) is 5.32 Å². The molecule has 1 saturated heterocycles. The second-order valence-electron chi connectivity index (χ2n) is 3.83. The van der Waals surface area contributed by atoms with Crippen LogP contribution in [-0.2, 0) is 6.42 Å². The van der Waals surface area contributed by atoms with Gasteiger partial charge in [-0.05, 0) is 37.4 Å². The highest BCUT2D eigenvalue weighted by Gasteiger charge is 2.19. The highest BCUT2D eigenvalue weighted by molar-refractivity contribution is 5.21. The third-order valence-electron chi connectivity index (χ3n) is 2.74.